The molecule has 0 saturated heterocycles. The van der Waals surface area contributed by atoms with Gasteiger partial charge in [-0.3, -0.25) is 0 Å². The van der Waals surface area contributed by atoms with Crippen molar-refractivity contribution in [3.05, 3.63) is 303 Å². The average molecular weight is 923 g/mol. The summed E-state index contributed by atoms with van der Waals surface area (Å²) in [6.45, 7) is 0. The van der Waals surface area contributed by atoms with E-state index in [0.717, 1.165) is 79.4 Å². The predicted molar refractivity (Wildman–Crippen MR) is 306 cm³/mol. The Bertz CT molecular complexity index is 3390. The van der Waals surface area contributed by atoms with E-state index in [1.807, 2.05) is 0 Å². The van der Waals surface area contributed by atoms with Gasteiger partial charge in [-0.2, -0.15) is 0 Å². The van der Waals surface area contributed by atoms with Gasteiger partial charge in [0.15, 0.2) is 0 Å². The third kappa shape index (κ3) is 8.93. The molecule has 0 saturated carbocycles. The molecule has 0 amide bonds. The lowest BCUT2D eigenvalue weighted by Crippen LogP contribution is -2.10. The van der Waals surface area contributed by atoms with Gasteiger partial charge in [0.1, 0.15) is 0 Å². The predicted octanol–water partition coefficient (Wildman–Crippen LogP) is 19.5. The van der Waals surface area contributed by atoms with Gasteiger partial charge in [-0.15, -0.1) is 0 Å². The van der Waals surface area contributed by atoms with Crippen molar-refractivity contribution in [1.29, 1.82) is 0 Å². The first-order valence-corrected chi connectivity index (χ1v) is 24.5. The smallest absolute Gasteiger partial charge is 0.0468 e. The Labute approximate surface area is 421 Å². The number of benzene rings is 12. The molecule has 12 aromatic carbocycles. The Kier molecular flexibility index (Phi) is 12.0. The minimum absolute atomic E-state index is 1.09. The van der Waals surface area contributed by atoms with Gasteiger partial charge in [-0.25, -0.2) is 0 Å². The van der Waals surface area contributed by atoms with Crippen molar-refractivity contribution in [2.45, 2.75) is 0 Å². The molecule has 342 valence electrons. The Morgan fingerprint density at radius 2 is 0.306 bits per heavy atom. The second-order valence-electron chi connectivity index (χ2n) is 17.9. The lowest BCUT2D eigenvalue weighted by atomic mass is 10.0. The van der Waals surface area contributed by atoms with Crippen LogP contribution in [0.1, 0.15) is 0 Å². The molecule has 0 N–H and O–H groups in total. The summed E-state index contributed by atoms with van der Waals surface area (Å²) in [4.78, 5) is 9.30. The zero-order valence-corrected chi connectivity index (χ0v) is 39.7. The topological polar surface area (TPSA) is 13.0 Å². The monoisotopic (exact) mass is 922 g/mol. The lowest BCUT2D eigenvalue weighted by molar-refractivity contribution is 1.28. The van der Waals surface area contributed by atoms with Gasteiger partial charge in [0, 0.05) is 68.2 Å². The quantitative estimate of drug-likeness (QED) is 0.114. The molecule has 4 nitrogen and oxygen atoms in total. The van der Waals surface area contributed by atoms with Crippen molar-refractivity contribution in [2.75, 3.05) is 19.6 Å². The van der Waals surface area contributed by atoms with E-state index in [1.165, 1.54) is 21.5 Å². The second kappa shape index (κ2) is 19.8. The molecule has 0 atom stereocenters. The summed E-state index contributed by atoms with van der Waals surface area (Å²) in [5.74, 6) is 0. The van der Waals surface area contributed by atoms with E-state index in [0.29, 0.717) is 0 Å². The minimum Gasteiger partial charge on any atom is -0.310 e. The second-order valence-corrected chi connectivity index (χ2v) is 17.9. The lowest BCUT2D eigenvalue weighted by Gasteiger charge is -2.27. The van der Waals surface area contributed by atoms with Gasteiger partial charge in [0.2, 0.25) is 0 Å². The Balaban J connectivity index is 0.832. The molecule has 0 bridgehead atoms. The molecule has 0 heterocycles. The van der Waals surface area contributed by atoms with Crippen molar-refractivity contribution >= 4 is 89.8 Å². The number of para-hydroxylation sites is 6. The standard InChI is InChI=1S/C68H50N4/c1-7-19-57(20-8-1)69(58-21-9-2-10-22-58)65-43-35-55-49-67(45-37-53(55)47-65)71(61-27-15-5-16-28-61)63-39-31-51(32-40-63)52-33-41-64(42-34-52)72(62-29-17-6-18-30-62)68-46-38-54-48-66(44-36-56(54)50-68)70(59-23-11-3-12-24-59)60-25-13-4-14-26-60/h1-50H. The zero-order valence-electron chi connectivity index (χ0n) is 39.7. The molecule has 4 heteroatoms. The molecule has 0 aliphatic carbocycles. The van der Waals surface area contributed by atoms with Gasteiger partial charge < -0.3 is 19.6 Å². The third-order valence-electron chi connectivity index (χ3n) is 13.3. The molecule has 0 fully saturated rings. The Morgan fingerprint density at radius 3 is 0.500 bits per heavy atom. The van der Waals surface area contributed by atoms with Crippen LogP contribution in [-0.2, 0) is 0 Å². The molecule has 12 aromatic rings. The summed E-state index contributed by atoms with van der Waals surface area (Å²) in [5.41, 5.74) is 15.6. The minimum atomic E-state index is 1.09. The van der Waals surface area contributed by atoms with E-state index in [4.69, 9.17) is 0 Å². The number of hydrogen-bond acceptors (Lipinski definition) is 4. The maximum absolute atomic E-state index is 2.34. The number of nitrogens with zero attached hydrogens (tertiary/aromatic N) is 4. The van der Waals surface area contributed by atoms with Crippen LogP contribution in [0.25, 0.3) is 32.7 Å². The number of anilines is 12. The summed E-state index contributed by atoms with van der Waals surface area (Å²) in [5, 5.41) is 4.70. The highest BCUT2D eigenvalue weighted by molar-refractivity contribution is 5.95. The van der Waals surface area contributed by atoms with E-state index >= 15 is 0 Å². The van der Waals surface area contributed by atoms with Crippen molar-refractivity contribution < 1.29 is 0 Å². The van der Waals surface area contributed by atoms with E-state index < -0.39 is 0 Å². The molecule has 0 radical (unpaired) electrons. The van der Waals surface area contributed by atoms with Crippen LogP contribution in [0.2, 0.25) is 0 Å². The Morgan fingerprint density at radius 1 is 0.139 bits per heavy atom. The van der Waals surface area contributed by atoms with Gasteiger partial charge in [-0.05, 0) is 178 Å². The molecule has 0 aliphatic heterocycles. The molecule has 12 rings (SSSR count). The maximum atomic E-state index is 2.34. The fourth-order valence-corrected chi connectivity index (χ4v) is 9.85. The third-order valence-corrected chi connectivity index (χ3v) is 13.3. The first-order valence-electron chi connectivity index (χ1n) is 24.5. The van der Waals surface area contributed by atoms with Crippen LogP contribution in [0.4, 0.5) is 68.2 Å². The molecule has 0 spiro atoms. The van der Waals surface area contributed by atoms with Gasteiger partial charge >= 0.3 is 0 Å². The summed E-state index contributed by atoms with van der Waals surface area (Å²) in [6.07, 6.45) is 0. The van der Waals surface area contributed by atoms with Crippen LogP contribution in [-0.4, -0.2) is 0 Å². The zero-order chi connectivity index (χ0) is 48.1. The molecule has 0 aliphatic rings. The molecular formula is C68H50N4. The van der Waals surface area contributed by atoms with Gasteiger partial charge in [0.25, 0.3) is 0 Å². The van der Waals surface area contributed by atoms with Crippen LogP contribution in [0.5, 0.6) is 0 Å². The SMILES string of the molecule is c1ccc(N(c2ccccc2)c2ccc3cc(N(c4ccccc4)c4ccc(-c5ccc(N(c6ccccc6)c6ccc7cc(N(c8ccccc8)c8ccccc8)ccc7c6)cc5)cc4)ccc3c2)cc1. The Hall–Kier alpha value is -9.64. The van der Waals surface area contributed by atoms with E-state index in [2.05, 4.69) is 323 Å². The van der Waals surface area contributed by atoms with Crippen molar-refractivity contribution in [2.24, 2.45) is 0 Å². The fourth-order valence-electron chi connectivity index (χ4n) is 9.85. The molecule has 0 unspecified atom stereocenters. The number of hydrogen-bond donors (Lipinski definition) is 0. The summed E-state index contributed by atoms with van der Waals surface area (Å²) in [7, 11) is 0. The van der Waals surface area contributed by atoms with E-state index in [-0.39, 0.29) is 0 Å². The number of fused-ring (bicyclic) bond motifs is 2. The number of rotatable bonds is 13. The first kappa shape index (κ1) is 43.6. The maximum Gasteiger partial charge on any atom is 0.0468 e. The van der Waals surface area contributed by atoms with Gasteiger partial charge in [-0.1, -0.05) is 158 Å². The van der Waals surface area contributed by atoms with Crippen LogP contribution in [0.3, 0.4) is 0 Å². The molecule has 0 aromatic heterocycles. The fraction of sp³-hybridized carbons (Fsp3) is 0. The summed E-state index contributed by atoms with van der Waals surface area (Å²) < 4.78 is 0. The largest absolute Gasteiger partial charge is 0.310 e. The molecular weight excluding hydrogens is 873 g/mol. The van der Waals surface area contributed by atoms with Crippen LogP contribution >= 0.6 is 0 Å². The van der Waals surface area contributed by atoms with Crippen molar-refractivity contribution in [1.82, 2.24) is 0 Å². The van der Waals surface area contributed by atoms with Crippen molar-refractivity contribution in [3.8, 4) is 11.1 Å². The van der Waals surface area contributed by atoms with E-state index in [9.17, 15) is 0 Å². The van der Waals surface area contributed by atoms with Crippen molar-refractivity contribution in [3.63, 3.8) is 0 Å². The highest BCUT2D eigenvalue weighted by Crippen LogP contribution is 2.42. The normalized spacial score (nSPS) is 11.1. The highest BCUT2D eigenvalue weighted by Gasteiger charge is 2.18. The molecule has 72 heavy (non-hydrogen) atoms. The first-order chi connectivity index (χ1) is 35.7. The van der Waals surface area contributed by atoms with E-state index in [1.54, 1.807) is 0 Å². The van der Waals surface area contributed by atoms with Crippen LogP contribution in [0, 0.1) is 0 Å². The highest BCUT2D eigenvalue weighted by atomic mass is 15.2. The average Bonchev–Trinajstić information content (AvgIpc) is 3.45. The van der Waals surface area contributed by atoms with Crippen LogP contribution < -0.4 is 19.6 Å². The summed E-state index contributed by atoms with van der Waals surface area (Å²) in [6, 6.07) is 108. The van der Waals surface area contributed by atoms with Gasteiger partial charge in [0.05, 0.1) is 0 Å². The summed E-state index contributed by atoms with van der Waals surface area (Å²) >= 11 is 0. The van der Waals surface area contributed by atoms with Crippen LogP contribution in [0.15, 0.2) is 303 Å².